The fraction of sp³-hybridized carbons (Fsp3) is 0.269. The number of hydrogen-bond acceptors (Lipinski definition) is 3. The van der Waals surface area contributed by atoms with Crippen molar-refractivity contribution in [2.45, 2.75) is 50.4 Å². The molecule has 1 amide bonds. The lowest BCUT2D eigenvalue weighted by atomic mass is 10.0. The summed E-state index contributed by atoms with van der Waals surface area (Å²) in [6, 6.07) is 24.5. The van der Waals surface area contributed by atoms with Gasteiger partial charge >= 0.3 is 0 Å². The average Bonchev–Trinajstić information content (AvgIpc) is 2.73. The van der Waals surface area contributed by atoms with Crippen molar-refractivity contribution in [3.8, 4) is 5.75 Å². The molecule has 0 unspecified atom stereocenters. The lowest BCUT2D eigenvalue weighted by molar-refractivity contribution is -0.122. The Morgan fingerprint density at radius 2 is 1.67 bits per heavy atom. The van der Waals surface area contributed by atoms with Crippen molar-refractivity contribution in [1.29, 1.82) is 0 Å². The number of rotatable bonds is 8. The van der Waals surface area contributed by atoms with Crippen molar-refractivity contribution in [2.75, 3.05) is 5.32 Å². The van der Waals surface area contributed by atoms with E-state index in [2.05, 4.69) is 55.6 Å². The summed E-state index contributed by atoms with van der Waals surface area (Å²) in [6.07, 6.45) is -0.586. The number of amides is 1. The number of hydrogen-bond donors (Lipinski definition) is 1. The number of carbonyl (C=O) groups excluding carboxylic acids is 1. The predicted octanol–water partition coefficient (Wildman–Crippen LogP) is 6.82. The Morgan fingerprint density at radius 3 is 2.33 bits per heavy atom. The Bertz CT molecular complexity index is 968. The van der Waals surface area contributed by atoms with E-state index in [1.807, 2.05) is 43.3 Å². The second kappa shape index (κ2) is 10.4. The van der Waals surface area contributed by atoms with Crippen LogP contribution in [0.2, 0.25) is 0 Å². The Kier molecular flexibility index (Phi) is 7.58. The van der Waals surface area contributed by atoms with E-state index >= 15 is 0 Å². The monoisotopic (exact) mass is 419 g/mol. The molecule has 0 aliphatic rings. The van der Waals surface area contributed by atoms with Gasteiger partial charge in [-0.05, 0) is 66.8 Å². The number of anilines is 1. The summed E-state index contributed by atoms with van der Waals surface area (Å²) in [5.41, 5.74) is 4.22. The number of thioether (sulfide) groups is 1. The molecule has 0 radical (unpaired) electrons. The molecular weight excluding hydrogens is 390 g/mol. The second-order valence-corrected chi connectivity index (χ2v) is 8.79. The molecule has 3 aromatic carbocycles. The maximum Gasteiger partial charge on any atom is 0.265 e. The van der Waals surface area contributed by atoms with E-state index < -0.39 is 6.10 Å². The van der Waals surface area contributed by atoms with Crippen LogP contribution >= 0.6 is 11.8 Å². The lowest BCUT2D eigenvalue weighted by Crippen LogP contribution is -2.30. The molecule has 0 aliphatic carbocycles. The van der Waals surface area contributed by atoms with Crippen molar-refractivity contribution < 1.29 is 9.53 Å². The topological polar surface area (TPSA) is 38.3 Å². The molecule has 0 aromatic heterocycles. The first-order valence-electron chi connectivity index (χ1n) is 10.3. The number of nitrogens with one attached hydrogen (secondary N) is 1. The van der Waals surface area contributed by atoms with Crippen LogP contribution < -0.4 is 10.1 Å². The van der Waals surface area contributed by atoms with Gasteiger partial charge in [0.05, 0.1) is 0 Å². The summed E-state index contributed by atoms with van der Waals surface area (Å²) < 4.78 is 6.02. The lowest BCUT2D eigenvalue weighted by Gasteiger charge is -2.19. The average molecular weight is 420 g/mol. The first-order valence-corrected chi connectivity index (χ1v) is 11.3. The van der Waals surface area contributed by atoms with Crippen LogP contribution in [-0.4, -0.2) is 12.0 Å². The molecule has 3 aromatic rings. The van der Waals surface area contributed by atoms with Crippen LogP contribution in [0.15, 0.2) is 77.7 Å². The summed E-state index contributed by atoms with van der Waals surface area (Å²) >= 11 is 1.80. The largest absolute Gasteiger partial charge is 0.481 e. The van der Waals surface area contributed by atoms with Crippen LogP contribution in [0.3, 0.4) is 0 Å². The molecule has 0 heterocycles. The van der Waals surface area contributed by atoms with Crippen molar-refractivity contribution in [2.24, 2.45) is 0 Å². The van der Waals surface area contributed by atoms with Gasteiger partial charge in [0.15, 0.2) is 6.10 Å². The van der Waals surface area contributed by atoms with Crippen molar-refractivity contribution in [1.82, 2.24) is 0 Å². The van der Waals surface area contributed by atoms with Gasteiger partial charge in [-0.2, -0.15) is 0 Å². The van der Waals surface area contributed by atoms with E-state index in [0.717, 1.165) is 28.3 Å². The van der Waals surface area contributed by atoms with Crippen LogP contribution in [0.25, 0.3) is 0 Å². The summed E-state index contributed by atoms with van der Waals surface area (Å²) in [5, 5.41) is 2.96. The van der Waals surface area contributed by atoms with E-state index in [9.17, 15) is 4.79 Å². The van der Waals surface area contributed by atoms with Crippen LogP contribution in [0.5, 0.6) is 5.75 Å². The van der Waals surface area contributed by atoms with Gasteiger partial charge in [0, 0.05) is 16.3 Å². The van der Waals surface area contributed by atoms with E-state index in [1.54, 1.807) is 18.7 Å². The first-order chi connectivity index (χ1) is 14.4. The highest BCUT2D eigenvalue weighted by Crippen LogP contribution is 2.28. The number of ether oxygens (including phenoxy) is 1. The van der Waals surface area contributed by atoms with Crippen molar-refractivity contribution in [3.63, 3.8) is 0 Å². The van der Waals surface area contributed by atoms with Crippen LogP contribution in [0.4, 0.5) is 5.69 Å². The fourth-order valence-electron chi connectivity index (χ4n) is 3.08. The summed E-state index contributed by atoms with van der Waals surface area (Å²) in [7, 11) is 0. The highest BCUT2D eigenvalue weighted by Gasteiger charge is 2.18. The summed E-state index contributed by atoms with van der Waals surface area (Å²) in [4.78, 5) is 13.9. The molecule has 0 bridgehead atoms. The third-order valence-electron chi connectivity index (χ3n) is 4.83. The Balaban J connectivity index is 1.57. The molecule has 4 heteroatoms. The molecule has 3 nitrogen and oxygen atoms in total. The quantitative estimate of drug-likeness (QED) is 0.407. The third kappa shape index (κ3) is 6.14. The normalized spacial score (nSPS) is 11.9. The Labute approximate surface area is 183 Å². The maximum atomic E-state index is 12.6. The number of benzene rings is 3. The number of aryl methyl sites for hydroxylation is 1. The SMILES string of the molecule is Cc1ccc(C(C)C)c(O[C@H](C)C(=O)Nc2ccc(CSc3ccccc3)cc2)c1. The Hall–Kier alpha value is -2.72. The molecule has 0 saturated heterocycles. The molecular formula is C26H29NO2S. The molecule has 0 saturated carbocycles. The molecule has 0 fully saturated rings. The maximum absolute atomic E-state index is 12.6. The van der Waals surface area contributed by atoms with Crippen LogP contribution in [0, 0.1) is 6.92 Å². The summed E-state index contributed by atoms with van der Waals surface area (Å²) in [6.45, 7) is 8.06. The smallest absolute Gasteiger partial charge is 0.265 e. The Morgan fingerprint density at radius 1 is 0.967 bits per heavy atom. The van der Waals surface area contributed by atoms with Gasteiger partial charge < -0.3 is 10.1 Å². The van der Waals surface area contributed by atoms with E-state index in [4.69, 9.17) is 4.74 Å². The highest BCUT2D eigenvalue weighted by atomic mass is 32.2. The van der Waals surface area contributed by atoms with Gasteiger partial charge in [-0.3, -0.25) is 4.79 Å². The minimum Gasteiger partial charge on any atom is -0.481 e. The van der Waals surface area contributed by atoms with E-state index in [-0.39, 0.29) is 5.91 Å². The van der Waals surface area contributed by atoms with Gasteiger partial charge in [-0.25, -0.2) is 0 Å². The molecule has 0 aliphatic heterocycles. The van der Waals surface area contributed by atoms with Gasteiger partial charge in [0.2, 0.25) is 0 Å². The first kappa shape index (κ1) is 22.0. The minimum atomic E-state index is -0.586. The zero-order chi connectivity index (χ0) is 21.5. The third-order valence-corrected chi connectivity index (χ3v) is 5.92. The van der Waals surface area contributed by atoms with Crippen LogP contribution in [-0.2, 0) is 10.5 Å². The van der Waals surface area contributed by atoms with Crippen molar-refractivity contribution in [3.05, 3.63) is 89.5 Å². The summed E-state index contributed by atoms with van der Waals surface area (Å²) in [5.74, 6) is 1.85. The van der Waals surface area contributed by atoms with Gasteiger partial charge in [0.1, 0.15) is 5.75 Å². The molecule has 156 valence electrons. The number of carbonyl (C=O) groups is 1. The minimum absolute atomic E-state index is 0.155. The molecule has 1 atom stereocenters. The molecule has 1 N–H and O–H groups in total. The fourth-order valence-corrected chi connectivity index (χ4v) is 3.95. The zero-order valence-corrected chi connectivity index (χ0v) is 18.8. The van der Waals surface area contributed by atoms with Gasteiger partial charge in [-0.15, -0.1) is 11.8 Å². The molecule has 0 spiro atoms. The zero-order valence-electron chi connectivity index (χ0n) is 18.0. The highest BCUT2D eigenvalue weighted by molar-refractivity contribution is 7.98. The second-order valence-electron chi connectivity index (χ2n) is 7.74. The molecule has 30 heavy (non-hydrogen) atoms. The van der Waals surface area contributed by atoms with Gasteiger partial charge in [0.25, 0.3) is 5.91 Å². The van der Waals surface area contributed by atoms with E-state index in [1.165, 1.54) is 10.5 Å². The predicted molar refractivity (Wildman–Crippen MR) is 126 cm³/mol. The van der Waals surface area contributed by atoms with Crippen LogP contribution in [0.1, 0.15) is 43.4 Å². The standard InChI is InChI=1S/C26H29NO2S/c1-18(2)24-15-10-19(3)16-25(24)29-20(4)26(28)27-22-13-11-21(12-14-22)17-30-23-8-6-5-7-9-23/h5-16,18,20H,17H2,1-4H3,(H,27,28)/t20-/m1/s1. The van der Waals surface area contributed by atoms with E-state index in [0.29, 0.717) is 5.92 Å². The molecule has 3 rings (SSSR count). The van der Waals surface area contributed by atoms with Gasteiger partial charge in [-0.1, -0.05) is 56.3 Å². The van der Waals surface area contributed by atoms with Crippen molar-refractivity contribution >= 4 is 23.4 Å².